The van der Waals surface area contributed by atoms with E-state index >= 15 is 0 Å². The summed E-state index contributed by atoms with van der Waals surface area (Å²) in [6, 6.07) is 0. The Morgan fingerprint density at radius 2 is 1.78 bits per heavy atom. The van der Waals surface area contributed by atoms with Gasteiger partial charge in [-0.05, 0) is 13.5 Å². The van der Waals surface area contributed by atoms with Crippen LogP contribution in [-0.4, -0.2) is 84.4 Å². The van der Waals surface area contributed by atoms with Gasteiger partial charge in [-0.25, -0.2) is 0 Å². The van der Waals surface area contributed by atoms with Crippen molar-refractivity contribution < 1.29 is 15.0 Å². The normalized spacial score (nSPS) is 18.1. The summed E-state index contributed by atoms with van der Waals surface area (Å²) in [6.45, 7) is 4.97. The molecule has 1 saturated heterocycles. The number of likely N-dealkylation sites (N-methyl/N-ethyl adjacent to an activating group) is 1. The van der Waals surface area contributed by atoms with Crippen LogP contribution in [-0.2, 0) is 4.79 Å². The summed E-state index contributed by atoms with van der Waals surface area (Å²) in [5.74, 6) is 0.0304. The molecule has 0 bridgehead atoms. The lowest BCUT2D eigenvalue weighted by Gasteiger charge is -2.34. The van der Waals surface area contributed by atoms with Crippen LogP contribution in [0.3, 0.4) is 0 Å². The molecule has 1 heterocycles. The minimum atomic E-state index is -0.748. The van der Waals surface area contributed by atoms with Gasteiger partial charge in [0.05, 0.1) is 25.3 Å². The minimum absolute atomic E-state index is 0.0304. The van der Waals surface area contributed by atoms with E-state index < -0.39 is 5.54 Å². The highest BCUT2D eigenvalue weighted by molar-refractivity contribution is 5.78. The first-order chi connectivity index (χ1) is 8.56. The van der Waals surface area contributed by atoms with E-state index in [1.807, 2.05) is 18.9 Å². The van der Waals surface area contributed by atoms with Crippen molar-refractivity contribution in [1.29, 1.82) is 0 Å². The van der Waals surface area contributed by atoms with Crippen LogP contribution in [0.4, 0.5) is 0 Å². The second-order valence-corrected chi connectivity index (χ2v) is 4.99. The van der Waals surface area contributed by atoms with Crippen molar-refractivity contribution in [2.24, 2.45) is 0 Å². The number of hydrogen-bond acceptors (Lipinski definition) is 5. The molecule has 0 spiro atoms. The van der Waals surface area contributed by atoms with E-state index in [2.05, 4.69) is 10.2 Å². The zero-order valence-corrected chi connectivity index (χ0v) is 11.4. The Labute approximate surface area is 109 Å². The molecule has 0 unspecified atom stereocenters. The van der Waals surface area contributed by atoms with Gasteiger partial charge >= 0.3 is 0 Å². The van der Waals surface area contributed by atoms with E-state index in [1.165, 1.54) is 0 Å². The highest BCUT2D eigenvalue weighted by Gasteiger charge is 2.28. The van der Waals surface area contributed by atoms with Gasteiger partial charge in [0.25, 0.3) is 0 Å². The molecule has 1 fully saturated rings. The van der Waals surface area contributed by atoms with Crippen LogP contribution >= 0.6 is 0 Å². The van der Waals surface area contributed by atoms with E-state index in [1.54, 1.807) is 0 Å². The lowest BCUT2D eigenvalue weighted by atomic mass is 9.98. The monoisotopic (exact) mass is 259 g/mol. The second-order valence-electron chi connectivity index (χ2n) is 4.99. The van der Waals surface area contributed by atoms with E-state index in [0.717, 1.165) is 26.2 Å². The summed E-state index contributed by atoms with van der Waals surface area (Å²) < 4.78 is 0. The summed E-state index contributed by atoms with van der Waals surface area (Å²) in [5.41, 5.74) is -0.748. The molecule has 18 heavy (non-hydrogen) atoms. The van der Waals surface area contributed by atoms with E-state index in [9.17, 15) is 15.0 Å². The van der Waals surface area contributed by atoms with Crippen molar-refractivity contribution in [2.45, 2.75) is 18.9 Å². The molecule has 0 radical (unpaired) electrons. The number of aliphatic hydroxyl groups excluding tert-OH is 2. The maximum absolute atomic E-state index is 12.0. The zero-order valence-electron chi connectivity index (χ0n) is 11.4. The molecule has 1 amide bonds. The Bertz CT molecular complexity index is 253. The Balaban J connectivity index is 2.40. The van der Waals surface area contributed by atoms with Crippen molar-refractivity contribution >= 4 is 5.91 Å². The van der Waals surface area contributed by atoms with E-state index in [4.69, 9.17) is 0 Å². The standard InChI is InChI=1S/C12H25N3O3/c1-3-12(9-16,10-17)13-8-11(18)15-6-4-14(2)5-7-15/h13,16-17H,3-10H2,1-2H3. The number of aliphatic hydroxyl groups is 2. The Hall–Kier alpha value is -0.690. The number of rotatable bonds is 6. The van der Waals surface area contributed by atoms with Crippen molar-refractivity contribution in [3.05, 3.63) is 0 Å². The van der Waals surface area contributed by atoms with Crippen LogP contribution in [0.15, 0.2) is 0 Å². The molecular formula is C12H25N3O3. The molecule has 6 heteroatoms. The minimum Gasteiger partial charge on any atom is -0.394 e. The van der Waals surface area contributed by atoms with Gasteiger partial charge in [-0.2, -0.15) is 0 Å². The third-order valence-electron chi connectivity index (χ3n) is 3.75. The van der Waals surface area contributed by atoms with Gasteiger partial charge < -0.3 is 20.0 Å². The first-order valence-corrected chi connectivity index (χ1v) is 6.50. The van der Waals surface area contributed by atoms with E-state index in [0.29, 0.717) is 6.42 Å². The first-order valence-electron chi connectivity index (χ1n) is 6.50. The number of nitrogens with zero attached hydrogens (tertiary/aromatic N) is 2. The lowest BCUT2D eigenvalue weighted by molar-refractivity contribution is -0.132. The van der Waals surface area contributed by atoms with Crippen molar-refractivity contribution in [3.63, 3.8) is 0 Å². The van der Waals surface area contributed by atoms with Crippen LogP contribution in [0.5, 0.6) is 0 Å². The third kappa shape index (κ3) is 3.91. The van der Waals surface area contributed by atoms with Crippen LogP contribution in [0.25, 0.3) is 0 Å². The quantitative estimate of drug-likeness (QED) is 0.540. The average molecular weight is 259 g/mol. The molecule has 0 aromatic carbocycles. The van der Waals surface area contributed by atoms with Gasteiger partial charge in [-0.1, -0.05) is 6.92 Å². The average Bonchev–Trinajstić information content (AvgIpc) is 2.41. The lowest BCUT2D eigenvalue weighted by Crippen LogP contribution is -2.56. The fourth-order valence-electron chi connectivity index (χ4n) is 1.94. The highest BCUT2D eigenvalue weighted by atomic mass is 16.3. The largest absolute Gasteiger partial charge is 0.394 e. The topological polar surface area (TPSA) is 76.0 Å². The Kier molecular flexibility index (Phi) is 6.01. The number of carbonyl (C=O) groups is 1. The number of carbonyl (C=O) groups excluding carboxylic acids is 1. The number of amides is 1. The predicted molar refractivity (Wildman–Crippen MR) is 69.3 cm³/mol. The Morgan fingerprint density at radius 3 is 2.22 bits per heavy atom. The molecule has 6 nitrogen and oxygen atoms in total. The van der Waals surface area contributed by atoms with Gasteiger partial charge in [0, 0.05) is 26.2 Å². The molecule has 0 atom stereocenters. The summed E-state index contributed by atoms with van der Waals surface area (Å²) in [4.78, 5) is 16.0. The predicted octanol–water partition coefficient (Wildman–Crippen LogP) is -1.52. The Morgan fingerprint density at radius 1 is 1.22 bits per heavy atom. The highest BCUT2D eigenvalue weighted by Crippen LogP contribution is 2.08. The fraction of sp³-hybridized carbons (Fsp3) is 0.917. The van der Waals surface area contributed by atoms with Gasteiger partial charge in [-0.15, -0.1) is 0 Å². The van der Waals surface area contributed by atoms with Crippen LogP contribution in [0, 0.1) is 0 Å². The number of hydrogen-bond donors (Lipinski definition) is 3. The zero-order chi connectivity index (χ0) is 13.6. The summed E-state index contributed by atoms with van der Waals surface area (Å²) in [7, 11) is 2.04. The second kappa shape index (κ2) is 7.04. The summed E-state index contributed by atoms with van der Waals surface area (Å²) >= 11 is 0. The SMILES string of the molecule is CCC(CO)(CO)NCC(=O)N1CCN(C)CC1. The van der Waals surface area contributed by atoms with Gasteiger partial charge in [0.2, 0.25) is 5.91 Å². The molecule has 1 rings (SSSR count). The molecule has 0 aromatic rings. The molecule has 106 valence electrons. The molecule has 0 aliphatic carbocycles. The van der Waals surface area contributed by atoms with Gasteiger partial charge in [0.15, 0.2) is 0 Å². The molecule has 3 N–H and O–H groups in total. The van der Waals surface area contributed by atoms with Crippen LogP contribution in [0.2, 0.25) is 0 Å². The van der Waals surface area contributed by atoms with Crippen molar-refractivity contribution in [2.75, 3.05) is 53.0 Å². The van der Waals surface area contributed by atoms with Crippen LogP contribution in [0.1, 0.15) is 13.3 Å². The number of piperazine rings is 1. The summed E-state index contributed by atoms with van der Waals surface area (Å²) in [5, 5.41) is 21.5. The molecule has 1 aliphatic rings. The maximum atomic E-state index is 12.0. The summed E-state index contributed by atoms with van der Waals surface area (Å²) in [6.07, 6.45) is 0.579. The van der Waals surface area contributed by atoms with E-state index in [-0.39, 0.29) is 25.7 Å². The molecule has 0 aromatic heterocycles. The number of nitrogens with one attached hydrogen (secondary N) is 1. The maximum Gasteiger partial charge on any atom is 0.236 e. The molecule has 1 aliphatic heterocycles. The van der Waals surface area contributed by atoms with Gasteiger partial charge in [0.1, 0.15) is 0 Å². The van der Waals surface area contributed by atoms with Gasteiger partial charge in [-0.3, -0.25) is 10.1 Å². The molecular weight excluding hydrogens is 234 g/mol. The van der Waals surface area contributed by atoms with Crippen LogP contribution < -0.4 is 5.32 Å². The van der Waals surface area contributed by atoms with Crippen molar-refractivity contribution in [1.82, 2.24) is 15.1 Å². The first kappa shape index (κ1) is 15.4. The fourth-order valence-corrected chi connectivity index (χ4v) is 1.94. The third-order valence-corrected chi connectivity index (χ3v) is 3.75. The smallest absolute Gasteiger partial charge is 0.236 e. The van der Waals surface area contributed by atoms with Crippen molar-refractivity contribution in [3.8, 4) is 0 Å². The molecule has 0 saturated carbocycles.